The van der Waals surface area contributed by atoms with Crippen LogP contribution in [0, 0.1) is 5.82 Å². The Morgan fingerprint density at radius 3 is 3.00 bits per heavy atom. The lowest BCUT2D eigenvalue weighted by Crippen LogP contribution is -1.88. The third-order valence-electron chi connectivity index (χ3n) is 1.97. The van der Waals surface area contributed by atoms with Gasteiger partial charge in [0.25, 0.3) is 0 Å². The number of hydrogen-bond donors (Lipinski definition) is 1. The number of aromatic amines is 1. The molecular formula is C9H7FN2O2. The fraction of sp³-hybridized carbons (Fsp3) is 0.111. The van der Waals surface area contributed by atoms with E-state index >= 15 is 0 Å². The molecule has 0 aliphatic carbocycles. The molecular weight excluding hydrogens is 187 g/mol. The van der Waals surface area contributed by atoms with Crippen LogP contribution in [0.25, 0.3) is 10.9 Å². The number of ether oxygens (including phenoxy) is 1. The quantitative estimate of drug-likeness (QED) is 0.737. The summed E-state index contributed by atoms with van der Waals surface area (Å²) in [7, 11) is 1.37. The zero-order valence-corrected chi connectivity index (χ0v) is 7.37. The Labute approximate surface area is 78.7 Å². The molecule has 0 fully saturated rings. The van der Waals surface area contributed by atoms with Crippen molar-refractivity contribution in [1.82, 2.24) is 10.2 Å². The van der Waals surface area contributed by atoms with E-state index in [0.717, 1.165) is 0 Å². The summed E-state index contributed by atoms with van der Waals surface area (Å²) in [4.78, 5) is 10.5. The highest BCUT2D eigenvalue weighted by Gasteiger charge is 2.10. The summed E-state index contributed by atoms with van der Waals surface area (Å²) in [5, 5.41) is 6.79. The summed E-state index contributed by atoms with van der Waals surface area (Å²) in [6.45, 7) is 0. The maximum atomic E-state index is 13.2. The van der Waals surface area contributed by atoms with E-state index in [4.69, 9.17) is 4.74 Å². The van der Waals surface area contributed by atoms with Crippen molar-refractivity contribution in [1.29, 1.82) is 0 Å². The number of nitrogens with zero attached hydrogens (tertiary/aromatic N) is 1. The Bertz CT molecular complexity index is 493. The molecule has 1 aromatic carbocycles. The summed E-state index contributed by atoms with van der Waals surface area (Å²) >= 11 is 0. The number of aldehydes is 1. The minimum absolute atomic E-state index is 0.112. The van der Waals surface area contributed by atoms with E-state index in [2.05, 4.69) is 10.2 Å². The second-order valence-electron chi connectivity index (χ2n) is 2.76. The van der Waals surface area contributed by atoms with Crippen LogP contribution in [0.5, 0.6) is 5.75 Å². The van der Waals surface area contributed by atoms with Crippen molar-refractivity contribution in [3.63, 3.8) is 0 Å². The van der Waals surface area contributed by atoms with Crippen LogP contribution in [0.2, 0.25) is 0 Å². The molecule has 72 valence electrons. The molecule has 1 aromatic heterocycles. The Kier molecular flexibility index (Phi) is 1.92. The van der Waals surface area contributed by atoms with Crippen molar-refractivity contribution in [3.05, 3.63) is 23.6 Å². The van der Waals surface area contributed by atoms with E-state index in [1.807, 2.05) is 0 Å². The Hall–Kier alpha value is -1.91. The number of carbonyl (C=O) groups is 1. The minimum atomic E-state index is -0.510. The first-order chi connectivity index (χ1) is 6.76. The van der Waals surface area contributed by atoms with Gasteiger partial charge in [-0.15, -0.1) is 0 Å². The molecule has 0 saturated carbocycles. The highest BCUT2D eigenvalue weighted by atomic mass is 19.1. The second-order valence-corrected chi connectivity index (χ2v) is 2.76. The van der Waals surface area contributed by atoms with Crippen molar-refractivity contribution in [2.45, 2.75) is 0 Å². The number of benzene rings is 1. The van der Waals surface area contributed by atoms with Gasteiger partial charge in [-0.1, -0.05) is 0 Å². The Morgan fingerprint density at radius 2 is 2.36 bits per heavy atom. The van der Waals surface area contributed by atoms with Gasteiger partial charge in [0, 0.05) is 11.5 Å². The van der Waals surface area contributed by atoms with Crippen LogP contribution in [0.4, 0.5) is 4.39 Å². The van der Waals surface area contributed by atoms with E-state index in [1.54, 1.807) is 0 Å². The molecule has 0 amide bonds. The van der Waals surface area contributed by atoms with Gasteiger partial charge in [0.15, 0.2) is 17.9 Å². The molecule has 14 heavy (non-hydrogen) atoms. The van der Waals surface area contributed by atoms with Crippen LogP contribution in [0.15, 0.2) is 12.1 Å². The number of H-pyrrole nitrogens is 1. The molecule has 4 nitrogen and oxygen atoms in total. The van der Waals surface area contributed by atoms with E-state index in [9.17, 15) is 9.18 Å². The van der Waals surface area contributed by atoms with Crippen LogP contribution in [0.1, 0.15) is 10.5 Å². The second kappa shape index (κ2) is 3.10. The summed E-state index contributed by atoms with van der Waals surface area (Å²) in [5.74, 6) is -0.397. The standard InChI is InChI=1S/C9H7FN2O2/c1-14-9-3-7-5(2-6(9)10)8(4-13)12-11-7/h2-4H,1H3,(H,11,12). The van der Waals surface area contributed by atoms with Crippen LogP contribution in [0.3, 0.4) is 0 Å². The lowest BCUT2D eigenvalue weighted by atomic mass is 10.2. The molecule has 0 saturated heterocycles. The van der Waals surface area contributed by atoms with Gasteiger partial charge in [-0.3, -0.25) is 9.89 Å². The molecule has 0 bridgehead atoms. The monoisotopic (exact) mass is 194 g/mol. The largest absolute Gasteiger partial charge is 0.494 e. The average Bonchev–Trinajstić information content (AvgIpc) is 2.58. The SMILES string of the molecule is COc1cc2n[nH]c(C=O)c2cc1F. The number of fused-ring (bicyclic) bond motifs is 1. The van der Waals surface area contributed by atoms with Gasteiger partial charge in [-0.25, -0.2) is 4.39 Å². The van der Waals surface area contributed by atoms with Crippen molar-refractivity contribution in [2.75, 3.05) is 7.11 Å². The molecule has 2 rings (SSSR count). The first kappa shape index (κ1) is 8.68. The summed E-state index contributed by atoms with van der Waals surface area (Å²) < 4.78 is 18.0. The number of nitrogens with one attached hydrogen (secondary N) is 1. The summed E-state index contributed by atoms with van der Waals surface area (Å²) in [5.41, 5.74) is 0.770. The topological polar surface area (TPSA) is 55.0 Å². The first-order valence-corrected chi connectivity index (χ1v) is 3.93. The predicted octanol–water partition coefficient (Wildman–Crippen LogP) is 1.52. The van der Waals surface area contributed by atoms with Gasteiger partial charge in [-0.05, 0) is 6.07 Å². The third-order valence-corrected chi connectivity index (χ3v) is 1.97. The average molecular weight is 194 g/mol. The minimum Gasteiger partial charge on any atom is -0.494 e. The molecule has 0 radical (unpaired) electrons. The molecule has 1 N–H and O–H groups in total. The van der Waals surface area contributed by atoms with Crippen LogP contribution in [-0.2, 0) is 0 Å². The Morgan fingerprint density at radius 1 is 1.57 bits per heavy atom. The number of carbonyl (C=O) groups excluding carboxylic acids is 1. The lowest BCUT2D eigenvalue weighted by Gasteiger charge is -2.00. The van der Waals surface area contributed by atoms with Crippen LogP contribution < -0.4 is 4.74 Å². The van der Waals surface area contributed by atoms with E-state index in [0.29, 0.717) is 17.2 Å². The molecule has 5 heteroatoms. The zero-order chi connectivity index (χ0) is 10.1. The fourth-order valence-electron chi connectivity index (χ4n) is 1.28. The maximum Gasteiger partial charge on any atom is 0.168 e. The number of hydrogen-bond acceptors (Lipinski definition) is 3. The molecule has 0 atom stereocenters. The summed E-state index contributed by atoms with van der Waals surface area (Å²) in [6, 6.07) is 2.66. The third kappa shape index (κ3) is 1.14. The van der Waals surface area contributed by atoms with Crippen molar-refractivity contribution < 1.29 is 13.9 Å². The first-order valence-electron chi connectivity index (χ1n) is 3.93. The van der Waals surface area contributed by atoms with Gasteiger partial charge < -0.3 is 4.74 Å². The number of aromatic nitrogens is 2. The molecule has 0 unspecified atom stereocenters. The molecule has 1 heterocycles. The fourth-order valence-corrected chi connectivity index (χ4v) is 1.28. The van der Waals surface area contributed by atoms with Gasteiger partial charge in [0.1, 0.15) is 5.69 Å². The lowest BCUT2D eigenvalue weighted by molar-refractivity contribution is 0.112. The van der Waals surface area contributed by atoms with Gasteiger partial charge in [-0.2, -0.15) is 5.10 Å². The van der Waals surface area contributed by atoms with Crippen LogP contribution in [-0.4, -0.2) is 23.6 Å². The summed E-state index contributed by atoms with van der Waals surface area (Å²) in [6.07, 6.45) is 0.598. The van der Waals surface area contributed by atoms with Gasteiger partial charge in [0.05, 0.1) is 12.6 Å². The van der Waals surface area contributed by atoms with E-state index in [1.165, 1.54) is 19.2 Å². The maximum absolute atomic E-state index is 13.2. The predicted molar refractivity (Wildman–Crippen MR) is 48.0 cm³/mol. The van der Waals surface area contributed by atoms with E-state index in [-0.39, 0.29) is 11.4 Å². The Balaban J connectivity index is 2.75. The number of rotatable bonds is 2. The molecule has 0 aliphatic heterocycles. The number of halogens is 1. The zero-order valence-electron chi connectivity index (χ0n) is 7.37. The van der Waals surface area contributed by atoms with Crippen LogP contribution >= 0.6 is 0 Å². The highest BCUT2D eigenvalue weighted by Crippen LogP contribution is 2.24. The van der Waals surface area contributed by atoms with Crippen molar-refractivity contribution in [2.24, 2.45) is 0 Å². The number of methoxy groups -OCH3 is 1. The van der Waals surface area contributed by atoms with Crippen molar-refractivity contribution >= 4 is 17.2 Å². The van der Waals surface area contributed by atoms with E-state index < -0.39 is 5.82 Å². The normalized spacial score (nSPS) is 10.4. The van der Waals surface area contributed by atoms with Gasteiger partial charge >= 0.3 is 0 Å². The highest BCUT2D eigenvalue weighted by molar-refractivity contribution is 5.95. The molecule has 2 aromatic rings. The smallest absolute Gasteiger partial charge is 0.168 e. The van der Waals surface area contributed by atoms with Gasteiger partial charge in [0.2, 0.25) is 0 Å². The molecule has 0 aliphatic rings. The molecule has 0 spiro atoms. The van der Waals surface area contributed by atoms with Crippen molar-refractivity contribution in [3.8, 4) is 5.75 Å².